The average Bonchev–Trinajstić information content (AvgIpc) is 2.79. The van der Waals surface area contributed by atoms with Gasteiger partial charge in [-0.1, -0.05) is 0 Å². The van der Waals surface area contributed by atoms with Crippen molar-refractivity contribution in [2.24, 2.45) is 0 Å². The van der Waals surface area contributed by atoms with E-state index in [1.54, 1.807) is 0 Å². The van der Waals surface area contributed by atoms with Gasteiger partial charge in [0, 0.05) is 12.8 Å². The highest BCUT2D eigenvalue weighted by Gasteiger charge is 2.40. The van der Waals surface area contributed by atoms with Gasteiger partial charge >= 0.3 is 0 Å². The first-order valence-corrected chi connectivity index (χ1v) is 6.62. The zero-order chi connectivity index (χ0) is 12.9. The minimum absolute atomic E-state index is 0.114. The molecule has 0 spiro atoms. The molecule has 3 rings (SSSR count). The molecule has 1 N–H and O–H groups in total. The topological polar surface area (TPSA) is 42.8 Å². The van der Waals surface area contributed by atoms with Gasteiger partial charge in [0.15, 0.2) is 10.4 Å². The number of aromatic nitrogens is 3. The van der Waals surface area contributed by atoms with E-state index >= 15 is 0 Å². The molecule has 0 saturated carbocycles. The smallest absolute Gasteiger partial charge is 0.179 e. The lowest BCUT2D eigenvalue weighted by molar-refractivity contribution is 0.0768. The molecule has 5 heteroatoms. The van der Waals surface area contributed by atoms with Crippen molar-refractivity contribution in [1.82, 2.24) is 14.5 Å². The number of aryl methyl sites for hydroxylation is 1. The van der Waals surface area contributed by atoms with Crippen molar-refractivity contribution >= 4 is 23.4 Å². The number of H-pyrrole nitrogens is 1. The molecule has 2 unspecified atom stereocenters. The predicted molar refractivity (Wildman–Crippen MR) is 73.3 cm³/mol. The second-order valence-corrected chi connectivity index (χ2v) is 5.66. The highest BCUT2D eigenvalue weighted by Crippen LogP contribution is 2.35. The van der Waals surface area contributed by atoms with Gasteiger partial charge in [-0.3, -0.25) is 4.57 Å². The van der Waals surface area contributed by atoms with Crippen LogP contribution in [0, 0.1) is 11.7 Å². The van der Waals surface area contributed by atoms with Crippen LogP contribution in [0.2, 0.25) is 0 Å². The van der Waals surface area contributed by atoms with E-state index in [0.717, 1.165) is 34.5 Å². The summed E-state index contributed by atoms with van der Waals surface area (Å²) in [4.78, 5) is 7.79. The van der Waals surface area contributed by atoms with E-state index in [-0.39, 0.29) is 11.6 Å². The van der Waals surface area contributed by atoms with E-state index in [4.69, 9.17) is 17.0 Å². The summed E-state index contributed by atoms with van der Waals surface area (Å²) in [6, 6.07) is 2.08. The summed E-state index contributed by atoms with van der Waals surface area (Å²) in [7, 11) is 0. The van der Waals surface area contributed by atoms with Crippen LogP contribution in [0.25, 0.3) is 11.2 Å². The Bertz CT molecular complexity index is 660. The van der Waals surface area contributed by atoms with Crippen molar-refractivity contribution in [3.63, 3.8) is 0 Å². The molecule has 96 valence electrons. The Kier molecular flexibility index (Phi) is 2.57. The van der Waals surface area contributed by atoms with E-state index < -0.39 is 0 Å². The van der Waals surface area contributed by atoms with Crippen LogP contribution in [0.5, 0.6) is 0 Å². The van der Waals surface area contributed by atoms with E-state index in [1.165, 1.54) is 0 Å². The molecule has 1 fully saturated rings. The number of ether oxygens (including phenoxy) is 1. The second-order valence-electron chi connectivity index (χ2n) is 5.27. The highest BCUT2D eigenvalue weighted by atomic mass is 32.1. The molecule has 0 amide bonds. The van der Waals surface area contributed by atoms with Crippen molar-refractivity contribution in [2.75, 3.05) is 6.61 Å². The van der Waals surface area contributed by atoms with Crippen LogP contribution in [0.1, 0.15) is 25.8 Å². The first kappa shape index (κ1) is 11.9. The summed E-state index contributed by atoms with van der Waals surface area (Å²) < 4.78 is 8.56. The summed E-state index contributed by atoms with van der Waals surface area (Å²) in [5.74, 6) is 0. The summed E-state index contributed by atoms with van der Waals surface area (Å²) >= 11 is 5.47. The number of nitrogens with one attached hydrogen (secondary N) is 1. The van der Waals surface area contributed by atoms with Crippen LogP contribution in [0.3, 0.4) is 0 Å². The number of fused-ring (bicyclic) bond motifs is 1. The maximum atomic E-state index is 5.71. The van der Waals surface area contributed by atoms with Crippen LogP contribution in [-0.2, 0) is 10.3 Å². The molecule has 0 aromatic carbocycles. The third-order valence-electron chi connectivity index (χ3n) is 4.02. The number of nitrogens with zero attached hydrogens (tertiary/aromatic N) is 2. The van der Waals surface area contributed by atoms with Crippen LogP contribution in [0.4, 0.5) is 0 Å². The first-order chi connectivity index (χ1) is 8.52. The van der Waals surface area contributed by atoms with E-state index in [9.17, 15) is 0 Å². The molecule has 2 aromatic heterocycles. The molecule has 0 bridgehead atoms. The maximum Gasteiger partial charge on any atom is 0.179 e. The number of hydrogen-bond acceptors (Lipinski definition) is 3. The van der Waals surface area contributed by atoms with Gasteiger partial charge in [0.05, 0.1) is 17.2 Å². The molecule has 1 saturated heterocycles. The van der Waals surface area contributed by atoms with Gasteiger partial charge in [0.25, 0.3) is 0 Å². The molecule has 18 heavy (non-hydrogen) atoms. The van der Waals surface area contributed by atoms with Crippen LogP contribution < -0.4 is 0 Å². The summed E-state index contributed by atoms with van der Waals surface area (Å²) in [6.07, 6.45) is 2.99. The summed E-state index contributed by atoms with van der Waals surface area (Å²) in [5.41, 5.74) is 2.94. The molecular formula is C13H17N3OS. The molecule has 2 atom stereocenters. The Morgan fingerprint density at radius 2 is 2.39 bits per heavy atom. The molecule has 2 aromatic rings. The van der Waals surface area contributed by atoms with E-state index in [1.807, 2.05) is 13.1 Å². The molecule has 1 aliphatic rings. The zero-order valence-electron chi connectivity index (χ0n) is 10.9. The third kappa shape index (κ3) is 1.54. The van der Waals surface area contributed by atoms with Crippen molar-refractivity contribution < 1.29 is 4.74 Å². The largest absolute Gasteiger partial charge is 0.376 e. The Morgan fingerprint density at radius 1 is 1.61 bits per heavy atom. The van der Waals surface area contributed by atoms with Gasteiger partial charge in [-0.25, -0.2) is 4.98 Å². The molecular weight excluding hydrogens is 246 g/mol. The Morgan fingerprint density at radius 3 is 3.06 bits per heavy atom. The number of rotatable bonds is 1. The van der Waals surface area contributed by atoms with Gasteiger partial charge in [-0.05, 0) is 51.0 Å². The average molecular weight is 263 g/mol. The predicted octanol–water partition coefficient (Wildman–Crippen LogP) is 2.93. The van der Waals surface area contributed by atoms with Gasteiger partial charge in [-0.2, -0.15) is 0 Å². The molecule has 0 radical (unpaired) electrons. The molecule has 0 aliphatic carbocycles. The van der Waals surface area contributed by atoms with Crippen LogP contribution in [0.15, 0.2) is 12.3 Å². The number of imidazole rings is 1. The van der Waals surface area contributed by atoms with Crippen molar-refractivity contribution in [1.29, 1.82) is 0 Å². The third-order valence-corrected chi connectivity index (χ3v) is 4.31. The Hall–Kier alpha value is -1.20. The Balaban J connectivity index is 2.29. The van der Waals surface area contributed by atoms with Gasteiger partial charge in [0.1, 0.15) is 0 Å². The normalized spacial score (nSPS) is 28.1. The van der Waals surface area contributed by atoms with Gasteiger partial charge < -0.3 is 9.72 Å². The lowest BCUT2D eigenvalue weighted by Gasteiger charge is -2.29. The standard InChI is InChI=1S/C13H17N3OS/c1-8-6-10-11(14-7-8)16(12(18)15-10)13(3)4-5-17-9(13)2/h6-7,9H,4-5H2,1-3H3,(H,15,18). The summed E-state index contributed by atoms with van der Waals surface area (Å²) in [6.45, 7) is 7.10. The van der Waals surface area contributed by atoms with Crippen molar-refractivity contribution in [3.05, 3.63) is 22.6 Å². The van der Waals surface area contributed by atoms with E-state index in [2.05, 4.69) is 34.4 Å². The first-order valence-electron chi connectivity index (χ1n) is 6.22. The van der Waals surface area contributed by atoms with Gasteiger partial charge in [-0.15, -0.1) is 0 Å². The van der Waals surface area contributed by atoms with Crippen molar-refractivity contribution in [3.8, 4) is 0 Å². The minimum atomic E-state index is -0.114. The quantitative estimate of drug-likeness (QED) is 0.804. The number of aromatic amines is 1. The molecule has 3 heterocycles. The van der Waals surface area contributed by atoms with Crippen molar-refractivity contribution in [2.45, 2.75) is 38.8 Å². The zero-order valence-corrected chi connectivity index (χ0v) is 11.7. The van der Waals surface area contributed by atoms with Crippen LogP contribution in [-0.4, -0.2) is 27.2 Å². The van der Waals surface area contributed by atoms with Gasteiger partial charge in [0.2, 0.25) is 0 Å². The summed E-state index contributed by atoms with van der Waals surface area (Å²) in [5, 5.41) is 0. The SMILES string of the molecule is Cc1cnc2c(c1)[nH]c(=S)n2C1(C)CCOC1C. The van der Waals surface area contributed by atoms with Crippen LogP contribution >= 0.6 is 12.2 Å². The lowest BCUT2D eigenvalue weighted by atomic mass is 9.94. The Labute approximate surface area is 111 Å². The monoisotopic (exact) mass is 263 g/mol. The fourth-order valence-electron chi connectivity index (χ4n) is 2.69. The lowest BCUT2D eigenvalue weighted by Crippen LogP contribution is -2.37. The minimum Gasteiger partial charge on any atom is -0.376 e. The second kappa shape index (κ2) is 3.90. The fourth-order valence-corrected chi connectivity index (χ4v) is 3.10. The number of hydrogen-bond donors (Lipinski definition) is 1. The molecule has 4 nitrogen and oxygen atoms in total. The molecule has 1 aliphatic heterocycles. The highest BCUT2D eigenvalue weighted by molar-refractivity contribution is 7.71. The van der Waals surface area contributed by atoms with E-state index in [0.29, 0.717) is 0 Å². The maximum absolute atomic E-state index is 5.71. The number of pyridine rings is 1. The fraction of sp³-hybridized carbons (Fsp3) is 0.538.